The minimum absolute atomic E-state index is 0.000481. The van der Waals surface area contributed by atoms with Crippen LogP contribution in [0.4, 0.5) is 0 Å². The van der Waals surface area contributed by atoms with Gasteiger partial charge in [-0.05, 0) is 77.0 Å². The molecule has 0 amide bonds. The van der Waals surface area contributed by atoms with Crippen molar-refractivity contribution in [1.29, 1.82) is 0 Å². The molecule has 10 heteroatoms. The van der Waals surface area contributed by atoms with E-state index in [1.807, 2.05) is 12.2 Å². The molecular weight excluding hydrogens is 776 g/mol. The van der Waals surface area contributed by atoms with Gasteiger partial charge < -0.3 is 24.6 Å². The highest BCUT2D eigenvalue weighted by Crippen LogP contribution is 2.43. The number of carbonyl (C=O) groups is 1. The number of aliphatic hydroxyl groups excluding tert-OH is 2. The fourth-order valence-electron chi connectivity index (χ4n) is 5.79. The molecule has 0 spiro atoms. The lowest BCUT2D eigenvalue weighted by Gasteiger charge is -2.20. The second-order valence-corrected chi connectivity index (χ2v) is 16.5. The van der Waals surface area contributed by atoms with E-state index in [2.05, 4.69) is 92.8 Å². The summed E-state index contributed by atoms with van der Waals surface area (Å²) in [7, 11) is -4.55. The van der Waals surface area contributed by atoms with Gasteiger partial charge in [0, 0.05) is 6.61 Å². The van der Waals surface area contributed by atoms with Gasteiger partial charge in [-0.2, -0.15) is 0 Å². The van der Waals surface area contributed by atoms with Crippen molar-refractivity contribution in [1.82, 2.24) is 0 Å². The van der Waals surface area contributed by atoms with E-state index >= 15 is 0 Å². The molecule has 0 rings (SSSR count). The zero-order valence-corrected chi connectivity index (χ0v) is 38.5. The zero-order valence-electron chi connectivity index (χ0n) is 37.6. The van der Waals surface area contributed by atoms with Crippen LogP contribution in [-0.4, -0.2) is 66.3 Å². The zero-order chi connectivity index (χ0) is 43.9. The molecule has 3 atom stereocenters. The summed E-state index contributed by atoms with van der Waals surface area (Å²) >= 11 is 0. The predicted molar refractivity (Wildman–Crippen MR) is 251 cm³/mol. The van der Waals surface area contributed by atoms with Crippen molar-refractivity contribution in [3.8, 4) is 0 Å². The summed E-state index contributed by atoms with van der Waals surface area (Å²) in [5.74, 6) is -0.514. The molecule has 0 saturated carbocycles. The maximum Gasteiger partial charge on any atom is 0.472 e. The molecule has 3 unspecified atom stereocenters. The average Bonchev–Trinajstić information content (AvgIpc) is 3.24. The number of ether oxygens (including phenoxy) is 2. The van der Waals surface area contributed by atoms with Crippen LogP contribution < -0.4 is 0 Å². The third-order valence-corrected chi connectivity index (χ3v) is 10.2. The number of phosphoric ester groups is 1. The van der Waals surface area contributed by atoms with Crippen molar-refractivity contribution in [3.63, 3.8) is 0 Å². The number of aliphatic hydroxyl groups is 2. The first-order valence-electron chi connectivity index (χ1n) is 23.2. The lowest BCUT2D eigenvalue weighted by atomic mass is 10.1. The quantitative estimate of drug-likeness (QED) is 0.0237. The Morgan fingerprint density at radius 1 is 0.533 bits per heavy atom. The van der Waals surface area contributed by atoms with Gasteiger partial charge in [-0.15, -0.1) is 0 Å². The Labute approximate surface area is 366 Å². The van der Waals surface area contributed by atoms with E-state index < -0.39 is 45.8 Å². The van der Waals surface area contributed by atoms with Crippen molar-refractivity contribution < 1.29 is 43.0 Å². The maximum absolute atomic E-state index is 12.6. The van der Waals surface area contributed by atoms with E-state index in [0.29, 0.717) is 13.0 Å². The van der Waals surface area contributed by atoms with Crippen LogP contribution in [-0.2, 0) is 27.9 Å². The third-order valence-electron chi connectivity index (χ3n) is 9.29. The summed E-state index contributed by atoms with van der Waals surface area (Å²) in [6.45, 7) is 3.22. The summed E-state index contributed by atoms with van der Waals surface area (Å²) in [5.41, 5.74) is 0. The van der Waals surface area contributed by atoms with Gasteiger partial charge in [0.15, 0.2) is 0 Å². The summed E-state index contributed by atoms with van der Waals surface area (Å²) < 4.78 is 33.3. The van der Waals surface area contributed by atoms with Crippen molar-refractivity contribution in [2.45, 2.75) is 180 Å². The minimum Gasteiger partial charge on any atom is -0.457 e. The second kappa shape index (κ2) is 45.9. The van der Waals surface area contributed by atoms with Crippen LogP contribution in [0.2, 0.25) is 0 Å². The summed E-state index contributed by atoms with van der Waals surface area (Å²) in [6.07, 6.45) is 58.3. The van der Waals surface area contributed by atoms with Gasteiger partial charge in [0.25, 0.3) is 0 Å². The van der Waals surface area contributed by atoms with Crippen molar-refractivity contribution in [2.75, 3.05) is 33.0 Å². The molecule has 0 aliphatic rings. The normalized spacial score (nSPS) is 14.8. The lowest BCUT2D eigenvalue weighted by molar-refractivity contribution is -0.153. The van der Waals surface area contributed by atoms with E-state index in [-0.39, 0.29) is 13.0 Å². The van der Waals surface area contributed by atoms with Crippen LogP contribution in [0.25, 0.3) is 0 Å². The Morgan fingerprint density at radius 3 is 1.43 bits per heavy atom. The predicted octanol–water partition coefficient (Wildman–Crippen LogP) is 13.3. The molecule has 0 aromatic carbocycles. The standard InChI is InChI=1S/C50H85O9P/c1-3-5-7-9-11-13-15-17-19-20-21-22-23-24-25-26-27-29-31-33-35-37-39-41-43-56-46-49(47-58-60(54,55)57-45-48(52)44-51)59-50(53)42-40-38-36-34-32-30-28-18-16-14-12-10-8-6-4-2/h6,8,12,14-15,17-18,20-21,23-24,28,32,34,38,40,48-49,51-52H,3-5,7,9-11,13,16,19,22,25-27,29-31,33,35-37,39,41-47H2,1-2H3,(H,54,55)/b8-6-,14-12-,17-15-,21-20-,24-23-,28-18-,34-32-,40-38-. The number of unbranched alkanes of at least 4 members (excludes halogenated alkanes) is 14. The third kappa shape index (κ3) is 44.9. The smallest absolute Gasteiger partial charge is 0.457 e. The van der Waals surface area contributed by atoms with Gasteiger partial charge in [0.1, 0.15) is 12.2 Å². The number of rotatable bonds is 43. The summed E-state index contributed by atoms with van der Waals surface area (Å²) in [4.78, 5) is 22.5. The molecule has 0 aliphatic carbocycles. The van der Waals surface area contributed by atoms with Crippen LogP contribution >= 0.6 is 7.82 Å². The van der Waals surface area contributed by atoms with E-state index in [9.17, 15) is 19.4 Å². The Morgan fingerprint density at radius 2 is 0.950 bits per heavy atom. The van der Waals surface area contributed by atoms with Gasteiger partial charge in [-0.25, -0.2) is 4.57 Å². The molecule has 60 heavy (non-hydrogen) atoms. The number of hydrogen-bond acceptors (Lipinski definition) is 8. The topological polar surface area (TPSA) is 132 Å². The number of esters is 1. The van der Waals surface area contributed by atoms with Gasteiger partial charge in [-0.1, -0.05) is 182 Å². The first kappa shape index (κ1) is 57.4. The van der Waals surface area contributed by atoms with Crippen molar-refractivity contribution in [2.24, 2.45) is 0 Å². The largest absolute Gasteiger partial charge is 0.472 e. The molecule has 0 aliphatic heterocycles. The van der Waals surface area contributed by atoms with E-state index in [1.165, 1.54) is 77.0 Å². The number of hydrogen-bond donors (Lipinski definition) is 3. The lowest BCUT2D eigenvalue weighted by Crippen LogP contribution is -2.28. The first-order valence-corrected chi connectivity index (χ1v) is 24.7. The van der Waals surface area contributed by atoms with Crippen LogP contribution in [0, 0.1) is 0 Å². The second-order valence-electron chi connectivity index (χ2n) is 15.1. The SMILES string of the molecule is CC/C=C\C/C=C\C/C=C\C/C=C\C/C=C\CC(=O)OC(COCCCCCCCCCCC/C=C\C/C=C\C/C=C\CCCCCCC)COP(=O)(O)OCC(O)CO. The maximum atomic E-state index is 12.6. The van der Waals surface area contributed by atoms with Gasteiger partial charge >= 0.3 is 13.8 Å². The van der Waals surface area contributed by atoms with Crippen molar-refractivity contribution >= 4 is 13.8 Å². The molecule has 344 valence electrons. The molecule has 3 N–H and O–H groups in total. The Balaban J connectivity index is 4.22. The monoisotopic (exact) mass is 861 g/mol. The summed E-state index contributed by atoms with van der Waals surface area (Å²) in [6, 6.07) is 0. The highest BCUT2D eigenvalue weighted by molar-refractivity contribution is 7.47. The Bertz CT molecular complexity index is 1250. The molecule has 0 heterocycles. The molecule has 0 radical (unpaired) electrons. The molecule has 0 fully saturated rings. The molecular formula is C50H85O9P. The van der Waals surface area contributed by atoms with Gasteiger partial charge in [0.2, 0.25) is 0 Å². The van der Waals surface area contributed by atoms with Gasteiger partial charge in [-0.3, -0.25) is 13.8 Å². The number of allylic oxidation sites excluding steroid dienone is 15. The Kier molecular flexibility index (Phi) is 43.9. The molecule has 0 bridgehead atoms. The number of phosphoric acid groups is 1. The van der Waals surface area contributed by atoms with E-state index in [4.69, 9.17) is 23.6 Å². The van der Waals surface area contributed by atoms with Gasteiger partial charge in [0.05, 0.1) is 32.8 Å². The van der Waals surface area contributed by atoms with E-state index in [1.54, 1.807) is 6.08 Å². The number of carbonyl (C=O) groups excluding carboxylic acids is 1. The minimum atomic E-state index is -4.55. The van der Waals surface area contributed by atoms with E-state index in [0.717, 1.165) is 64.2 Å². The van der Waals surface area contributed by atoms with Crippen LogP contribution in [0.1, 0.15) is 168 Å². The van der Waals surface area contributed by atoms with Crippen LogP contribution in [0.3, 0.4) is 0 Å². The van der Waals surface area contributed by atoms with Crippen LogP contribution in [0.15, 0.2) is 97.2 Å². The molecule has 0 saturated heterocycles. The van der Waals surface area contributed by atoms with Crippen molar-refractivity contribution in [3.05, 3.63) is 97.2 Å². The highest BCUT2D eigenvalue weighted by atomic mass is 31.2. The molecule has 9 nitrogen and oxygen atoms in total. The molecule has 0 aromatic rings. The first-order chi connectivity index (χ1) is 29.3. The van der Waals surface area contributed by atoms with Crippen LogP contribution in [0.5, 0.6) is 0 Å². The highest BCUT2D eigenvalue weighted by Gasteiger charge is 2.26. The Hall–Kier alpha value is -2.62. The molecule has 0 aromatic heterocycles. The average molecular weight is 861 g/mol. The summed E-state index contributed by atoms with van der Waals surface area (Å²) in [5, 5.41) is 18.4. The fraction of sp³-hybridized carbons (Fsp3) is 0.660. The fourth-order valence-corrected chi connectivity index (χ4v) is 6.58.